The summed E-state index contributed by atoms with van der Waals surface area (Å²) < 4.78 is 1.73. The molecule has 3 N–H and O–H groups in total. The van der Waals surface area contributed by atoms with Crippen molar-refractivity contribution in [3.63, 3.8) is 0 Å². The number of rotatable bonds is 3. The summed E-state index contributed by atoms with van der Waals surface area (Å²) in [7, 11) is 0. The third-order valence-corrected chi connectivity index (χ3v) is 5.98. The van der Waals surface area contributed by atoms with Crippen LogP contribution in [0.5, 0.6) is 0 Å². The van der Waals surface area contributed by atoms with Crippen molar-refractivity contribution >= 4 is 40.8 Å². The van der Waals surface area contributed by atoms with Gasteiger partial charge in [-0.2, -0.15) is 5.10 Å². The highest BCUT2D eigenvalue weighted by molar-refractivity contribution is 6.42. The summed E-state index contributed by atoms with van der Waals surface area (Å²) in [5, 5.41) is 8.45. The highest BCUT2D eigenvalue weighted by Gasteiger charge is 2.40. The fraction of sp³-hybridized carbons (Fsp3) is 0.316. The SMILES string of the molecule is CC1=C(C(=O)N2CCC[C@@H]2C(N)=O)C(c2ccc(Cl)c(Cl)c2)n2nccc2N1. The van der Waals surface area contributed by atoms with Crippen LogP contribution in [0.3, 0.4) is 0 Å². The number of likely N-dealkylation sites (tertiary alicyclic amines) is 1. The Hall–Kier alpha value is -2.51. The van der Waals surface area contributed by atoms with E-state index in [1.165, 1.54) is 0 Å². The summed E-state index contributed by atoms with van der Waals surface area (Å²) in [6.45, 7) is 2.33. The van der Waals surface area contributed by atoms with Crippen molar-refractivity contribution in [3.05, 3.63) is 57.3 Å². The minimum absolute atomic E-state index is 0.233. The van der Waals surface area contributed by atoms with Gasteiger partial charge in [-0.05, 0) is 37.5 Å². The van der Waals surface area contributed by atoms with Crippen molar-refractivity contribution in [2.45, 2.75) is 31.8 Å². The first-order valence-electron chi connectivity index (χ1n) is 8.95. The number of nitrogens with two attached hydrogens (primary N) is 1. The van der Waals surface area contributed by atoms with Gasteiger partial charge in [-0.25, -0.2) is 4.68 Å². The summed E-state index contributed by atoms with van der Waals surface area (Å²) in [4.78, 5) is 26.9. The lowest BCUT2D eigenvalue weighted by molar-refractivity contribution is -0.134. The lowest BCUT2D eigenvalue weighted by Crippen LogP contribution is -2.46. The number of halogens is 2. The molecular formula is C19H19Cl2N5O2. The molecule has 2 aliphatic heterocycles. The van der Waals surface area contributed by atoms with Crippen LogP contribution in [0.4, 0.5) is 5.82 Å². The Morgan fingerprint density at radius 1 is 1.25 bits per heavy atom. The van der Waals surface area contributed by atoms with Crippen LogP contribution in [0.2, 0.25) is 10.0 Å². The molecular weight excluding hydrogens is 401 g/mol. The quantitative estimate of drug-likeness (QED) is 0.799. The average Bonchev–Trinajstić information content (AvgIpc) is 3.31. The first-order chi connectivity index (χ1) is 13.4. The number of aromatic nitrogens is 2. The number of anilines is 1. The molecule has 0 bridgehead atoms. The molecule has 9 heteroatoms. The molecule has 28 heavy (non-hydrogen) atoms. The largest absolute Gasteiger partial charge is 0.368 e. The molecule has 0 aliphatic carbocycles. The first kappa shape index (κ1) is 18.8. The number of fused-ring (bicyclic) bond motifs is 1. The van der Waals surface area contributed by atoms with Gasteiger partial charge >= 0.3 is 0 Å². The zero-order valence-electron chi connectivity index (χ0n) is 15.2. The van der Waals surface area contributed by atoms with E-state index < -0.39 is 18.0 Å². The van der Waals surface area contributed by atoms with E-state index in [1.807, 2.05) is 19.1 Å². The molecule has 4 rings (SSSR count). The van der Waals surface area contributed by atoms with Crippen molar-refractivity contribution in [3.8, 4) is 0 Å². The van der Waals surface area contributed by atoms with Crippen molar-refractivity contribution in [1.82, 2.24) is 14.7 Å². The van der Waals surface area contributed by atoms with Crippen LogP contribution < -0.4 is 11.1 Å². The van der Waals surface area contributed by atoms with Crippen LogP contribution in [-0.4, -0.2) is 39.1 Å². The molecule has 2 atom stereocenters. The van der Waals surface area contributed by atoms with Gasteiger partial charge in [-0.1, -0.05) is 29.3 Å². The number of hydrogen-bond donors (Lipinski definition) is 2. The molecule has 3 heterocycles. The molecule has 2 amide bonds. The number of nitrogens with one attached hydrogen (secondary N) is 1. The summed E-state index contributed by atoms with van der Waals surface area (Å²) in [5.74, 6) is 0.0419. The highest BCUT2D eigenvalue weighted by atomic mass is 35.5. The molecule has 1 saturated heterocycles. The average molecular weight is 420 g/mol. The molecule has 0 spiro atoms. The van der Waals surface area contributed by atoms with Crippen LogP contribution in [0, 0.1) is 0 Å². The standard InChI is InChI=1S/C19H19Cl2N5O2/c1-10-16(19(28)25-8-2-3-14(25)18(22)27)17(26-15(24-10)6-7-23-26)11-4-5-12(20)13(21)9-11/h4-7,9,14,17,24H,2-3,8H2,1H3,(H2,22,27)/t14-,17?/m1/s1. The van der Waals surface area contributed by atoms with Crippen LogP contribution in [0.15, 0.2) is 41.7 Å². The van der Waals surface area contributed by atoms with E-state index in [9.17, 15) is 9.59 Å². The van der Waals surface area contributed by atoms with Gasteiger partial charge in [0.2, 0.25) is 5.91 Å². The Balaban J connectivity index is 1.82. The third kappa shape index (κ3) is 3.04. The lowest BCUT2D eigenvalue weighted by Gasteiger charge is -2.33. The van der Waals surface area contributed by atoms with Gasteiger partial charge in [0.05, 0.1) is 21.8 Å². The van der Waals surface area contributed by atoms with Crippen molar-refractivity contribution in [2.24, 2.45) is 5.73 Å². The Bertz CT molecular complexity index is 1000. The second-order valence-electron chi connectivity index (χ2n) is 6.96. The van der Waals surface area contributed by atoms with Gasteiger partial charge in [0.25, 0.3) is 5.91 Å². The smallest absolute Gasteiger partial charge is 0.254 e. The fourth-order valence-electron chi connectivity index (χ4n) is 3.93. The normalized spacial score (nSPS) is 21.5. The number of nitrogens with zero attached hydrogens (tertiary/aromatic N) is 3. The zero-order chi connectivity index (χ0) is 20.0. The van der Waals surface area contributed by atoms with Crippen LogP contribution in [0.1, 0.15) is 31.4 Å². The van der Waals surface area contributed by atoms with E-state index >= 15 is 0 Å². The van der Waals surface area contributed by atoms with E-state index in [2.05, 4.69) is 10.4 Å². The predicted molar refractivity (Wildman–Crippen MR) is 107 cm³/mol. The molecule has 146 valence electrons. The maximum atomic E-state index is 13.5. The van der Waals surface area contributed by atoms with Crippen molar-refractivity contribution < 1.29 is 9.59 Å². The van der Waals surface area contributed by atoms with E-state index in [0.29, 0.717) is 34.3 Å². The summed E-state index contributed by atoms with van der Waals surface area (Å²) in [6.07, 6.45) is 2.98. The second-order valence-corrected chi connectivity index (χ2v) is 7.77. The Morgan fingerprint density at radius 3 is 2.75 bits per heavy atom. The van der Waals surface area contributed by atoms with Gasteiger partial charge in [0, 0.05) is 18.3 Å². The van der Waals surface area contributed by atoms with E-state index in [4.69, 9.17) is 28.9 Å². The summed E-state index contributed by atoms with van der Waals surface area (Å²) in [6, 6.07) is 6.00. The highest BCUT2D eigenvalue weighted by Crippen LogP contribution is 2.39. The number of carbonyl (C=O) groups is 2. The number of amides is 2. The molecule has 0 saturated carbocycles. The summed E-state index contributed by atoms with van der Waals surface area (Å²) in [5.41, 5.74) is 7.50. The summed E-state index contributed by atoms with van der Waals surface area (Å²) >= 11 is 12.3. The molecule has 1 fully saturated rings. The fourth-order valence-corrected chi connectivity index (χ4v) is 4.24. The topological polar surface area (TPSA) is 93.2 Å². The van der Waals surface area contributed by atoms with Gasteiger partial charge in [-0.3, -0.25) is 9.59 Å². The van der Waals surface area contributed by atoms with Crippen LogP contribution >= 0.6 is 23.2 Å². The molecule has 0 radical (unpaired) electrons. The Kier molecular flexibility index (Phi) is 4.81. The van der Waals surface area contributed by atoms with Crippen molar-refractivity contribution in [1.29, 1.82) is 0 Å². The number of allylic oxidation sites excluding steroid dienone is 1. The van der Waals surface area contributed by atoms with Crippen LogP contribution in [-0.2, 0) is 9.59 Å². The Labute approximate surface area is 172 Å². The minimum atomic E-state index is -0.596. The van der Waals surface area contributed by atoms with Gasteiger partial charge in [0.15, 0.2) is 0 Å². The van der Waals surface area contributed by atoms with Crippen molar-refractivity contribution in [2.75, 3.05) is 11.9 Å². The zero-order valence-corrected chi connectivity index (χ0v) is 16.7. The van der Waals surface area contributed by atoms with Crippen LogP contribution in [0.25, 0.3) is 0 Å². The maximum absolute atomic E-state index is 13.5. The van der Waals surface area contributed by atoms with Gasteiger partial charge in [0.1, 0.15) is 17.9 Å². The number of benzene rings is 1. The molecule has 2 aliphatic rings. The monoisotopic (exact) mass is 419 g/mol. The number of hydrogen-bond acceptors (Lipinski definition) is 4. The number of carbonyl (C=O) groups excluding carboxylic acids is 2. The molecule has 1 aromatic heterocycles. The van der Waals surface area contributed by atoms with Gasteiger partial charge < -0.3 is 16.0 Å². The maximum Gasteiger partial charge on any atom is 0.254 e. The van der Waals surface area contributed by atoms with Gasteiger partial charge in [-0.15, -0.1) is 0 Å². The molecule has 2 aromatic rings. The number of primary amides is 1. The van der Waals surface area contributed by atoms with E-state index in [0.717, 1.165) is 17.8 Å². The lowest BCUT2D eigenvalue weighted by atomic mass is 9.94. The first-order valence-corrected chi connectivity index (χ1v) is 9.70. The Morgan fingerprint density at radius 2 is 2.04 bits per heavy atom. The third-order valence-electron chi connectivity index (χ3n) is 5.24. The second kappa shape index (κ2) is 7.14. The minimum Gasteiger partial charge on any atom is -0.368 e. The predicted octanol–water partition coefficient (Wildman–Crippen LogP) is 2.96. The molecule has 1 unspecified atom stereocenters. The molecule has 7 nitrogen and oxygen atoms in total. The van der Waals surface area contributed by atoms with E-state index in [1.54, 1.807) is 27.9 Å². The molecule has 1 aromatic carbocycles. The van der Waals surface area contributed by atoms with E-state index in [-0.39, 0.29) is 5.91 Å².